The molecule has 0 radical (unpaired) electrons. The molecule has 3 rings (SSSR count). The lowest BCUT2D eigenvalue weighted by atomic mass is 9.85. The minimum absolute atomic E-state index is 0.0877. The van der Waals surface area contributed by atoms with E-state index in [0.29, 0.717) is 29.8 Å². The maximum Gasteiger partial charge on any atom is 0.323 e. The summed E-state index contributed by atoms with van der Waals surface area (Å²) in [5.41, 5.74) is 11.1. The first-order valence-electron chi connectivity index (χ1n) is 11.9. The van der Waals surface area contributed by atoms with Crippen LogP contribution in [-0.2, 0) is 9.53 Å². The lowest BCUT2D eigenvalue weighted by molar-refractivity contribution is -0.167. The van der Waals surface area contributed by atoms with E-state index in [2.05, 4.69) is 10.6 Å². The smallest absolute Gasteiger partial charge is 0.323 e. The van der Waals surface area contributed by atoms with Crippen molar-refractivity contribution >= 4 is 35.2 Å². The van der Waals surface area contributed by atoms with Gasteiger partial charge in [-0.2, -0.15) is 0 Å². The van der Waals surface area contributed by atoms with Gasteiger partial charge >= 0.3 is 5.97 Å². The summed E-state index contributed by atoms with van der Waals surface area (Å²) in [6.07, 6.45) is -0.342. The van der Waals surface area contributed by atoms with Crippen molar-refractivity contribution in [1.82, 2.24) is 10.6 Å². The molecule has 204 valence electrons. The second-order valence-electron chi connectivity index (χ2n) is 9.54. The van der Waals surface area contributed by atoms with Crippen LogP contribution >= 0.6 is 11.6 Å². The largest absolute Gasteiger partial charge is 0.484 e. The number of ether oxygens (including phenoxy) is 2. The third-order valence-electron chi connectivity index (χ3n) is 6.13. The van der Waals surface area contributed by atoms with Crippen molar-refractivity contribution in [2.24, 2.45) is 11.5 Å². The predicted molar refractivity (Wildman–Crippen MR) is 140 cm³/mol. The predicted octanol–water partition coefficient (Wildman–Crippen LogP) is 2.83. The first-order chi connectivity index (χ1) is 17.8. The molecule has 3 atom stereocenters. The van der Waals surface area contributed by atoms with Gasteiger partial charge in [-0.1, -0.05) is 11.6 Å². The van der Waals surface area contributed by atoms with Crippen LogP contribution < -0.4 is 26.8 Å². The fraction of sp³-hybridized carbons (Fsp3) is 0.385. The number of halogens is 2. The van der Waals surface area contributed by atoms with Crippen LogP contribution in [0.1, 0.15) is 65.9 Å². The molecule has 1 heterocycles. The van der Waals surface area contributed by atoms with E-state index in [1.807, 2.05) is 0 Å². The molecule has 2 aromatic rings. The zero-order chi connectivity index (χ0) is 28.2. The molecular formula is C26H31ClFN5O5. The Morgan fingerprint density at radius 1 is 1.21 bits per heavy atom. The van der Waals surface area contributed by atoms with Gasteiger partial charge in [0.05, 0.1) is 11.1 Å². The number of fused-ring (bicyclic) bond motifs is 1. The third-order valence-corrected chi connectivity index (χ3v) is 6.42. The average Bonchev–Trinajstić information content (AvgIpc) is 2.84. The van der Waals surface area contributed by atoms with E-state index in [9.17, 15) is 18.8 Å². The maximum atomic E-state index is 13.7. The molecule has 38 heavy (non-hydrogen) atoms. The minimum atomic E-state index is -1.12. The number of Topliss-reactive ketones (excluding diaryl/α,β-unsaturated/α-hetero) is 1. The van der Waals surface area contributed by atoms with Gasteiger partial charge in [-0.05, 0) is 70.0 Å². The molecule has 1 aliphatic rings. The molecule has 0 spiro atoms. The monoisotopic (exact) mass is 547 g/mol. The summed E-state index contributed by atoms with van der Waals surface area (Å²) in [7, 11) is 0. The summed E-state index contributed by atoms with van der Waals surface area (Å²) in [6, 6.07) is 6.40. The highest BCUT2D eigenvalue weighted by atomic mass is 35.5. The van der Waals surface area contributed by atoms with Gasteiger partial charge in [0.15, 0.2) is 17.8 Å². The van der Waals surface area contributed by atoms with Gasteiger partial charge in [0, 0.05) is 23.2 Å². The number of esters is 1. The van der Waals surface area contributed by atoms with Gasteiger partial charge < -0.3 is 31.6 Å². The van der Waals surface area contributed by atoms with Crippen LogP contribution in [0.25, 0.3) is 0 Å². The van der Waals surface area contributed by atoms with Crippen LogP contribution in [0.15, 0.2) is 36.4 Å². The molecule has 1 amide bonds. The number of rotatable bonds is 9. The molecule has 0 fully saturated rings. The number of nitrogens with one attached hydrogen (secondary N) is 3. The Hall–Kier alpha value is -3.70. The molecule has 10 nitrogen and oxygen atoms in total. The standard InChI is InChI=1S/C26H31ClFN5O5/c1-13(34)14-7-9-20-16(11-14)21(33-23(35)15-6-8-18(28)17(27)12-15)22(26(2,3)38-20)37-24(36)19(29)5-4-10-32-25(30)31/h6-9,11-12,19,21-22H,4-5,10,29H2,1-3H3,(H,33,35)(H4,30,31,32)/t19-,21-,22-/m0/s1. The van der Waals surface area contributed by atoms with Crippen LogP contribution in [0.4, 0.5) is 4.39 Å². The van der Waals surface area contributed by atoms with Crippen molar-refractivity contribution in [3.05, 3.63) is 63.9 Å². The van der Waals surface area contributed by atoms with Gasteiger partial charge in [0.25, 0.3) is 5.91 Å². The number of benzene rings is 2. The Bertz CT molecular complexity index is 1250. The summed E-state index contributed by atoms with van der Waals surface area (Å²) in [4.78, 5) is 38.3. The zero-order valence-electron chi connectivity index (χ0n) is 21.3. The van der Waals surface area contributed by atoms with Gasteiger partial charge in [0.2, 0.25) is 0 Å². The SMILES string of the molecule is CC(=O)c1ccc2c(c1)[C@H](NC(=O)c1ccc(F)c(Cl)c1)[C@H](OC(=O)[C@@H](N)CCCNC(=N)N)C(C)(C)O2. The number of hydrogen-bond acceptors (Lipinski definition) is 7. The molecule has 2 aromatic carbocycles. The van der Waals surface area contributed by atoms with E-state index in [1.165, 1.54) is 19.1 Å². The first-order valence-corrected chi connectivity index (χ1v) is 12.3. The number of hydrogen-bond donors (Lipinski definition) is 5. The summed E-state index contributed by atoms with van der Waals surface area (Å²) in [5, 5.41) is 12.4. The van der Waals surface area contributed by atoms with Crippen LogP contribution in [0.5, 0.6) is 5.75 Å². The second kappa shape index (κ2) is 11.8. The van der Waals surface area contributed by atoms with Crippen LogP contribution in [0.3, 0.4) is 0 Å². The molecule has 7 N–H and O–H groups in total. The fourth-order valence-electron chi connectivity index (χ4n) is 4.11. The average molecular weight is 548 g/mol. The minimum Gasteiger partial charge on any atom is -0.484 e. The Labute approximate surface area is 224 Å². The Balaban J connectivity index is 1.93. The number of carbonyl (C=O) groups excluding carboxylic acids is 3. The maximum absolute atomic E-state index is 13.7. The molecule has 0 saturated heterocycles. The van der Waals surface area contributed by atoms with Crippen molar-refractivity contribution in [2.45, 2.75) is 57.4 Å². The van der Waals surface area contributed by atoms with Crippen molar-refractivity contribution in [3.8, 4) is 5.75 Å². The summed E-state index contributed by atoms with van der Waals surface area (Å²) >= 11 is 5.87. The van der Waals surface area contributed by atoms with Crippen LogP contribution in [0.2, 0.25) is 5.02 Å². The number of amides is 1. The van der Waals surface area contributed by atoms with E-state index in [1.54, 1.807) is 32.0 Å². The van der Waals surface area contributed by atoms with Crippen molar-refractivity contribution in [2.75, 3.05) is 6.54 Å². The zero-order valence-corrected chi connectivity index (χ0v) is 22.0. The number of carbonyl (C=O) groups is 3. The lowest BCUT2D eigenvalue weighted by Gasteiger charge is -2.44. The molecule has 0 saturated carbocycles. The van der Waals surface area contributed by atoms with Gasteiger partial charge in [-0.3, -0.25) is 19.8 Å². The van der Waals surface area contributed by atoms with Crippen molar-refractivity contribution in [1.29, 1.82) is 5.41 Å². The number of guanidine groups is 1. The molecule has 0 aromatic heterocycles. The van der Waals surface area contributed by atoms with E-state index in [-0.39, 0.29) is 28.7 Å². The Morgan fingerprint density at radius 3 is 2.53 bits per heavy atom. The Morgan fingerprint density at radius 2 is 1.89 bits per heavy atom. The van der Waals surface area contributed by atoms with Crippen LogP contribution in [-0.4, -0.2) is 47.9 Å². The van der Waals surface area contributed by atoms with Gasteiger partial charge in [0.1, 0.15) is 23.2 Å². The summed E-state index contributed by atoms with van der Waals surface area (Å²) in [5.74, 6) is -1.99. The highest BCUT2D eigenvalue weighted by Gasteiger charge is 2.48. The highest BCUT2D eigenvalue weighted by molar-refractivity contribution is 6.31. The number of nitrogens with two attached hydrogens (primary N) is 2. The summed E-state index contributed by atoms with van der Waals surface area (Å²) in [6.45, 7) is 5.15. The molecule has 0 aliphatic carbocycles. The van der Waals surface area contributed by atoms with E-state index < -0.39 is 41.5 Å². The fourth-order valence-corrected chi connectivity index (χ4v) is 4.29. The topological polar surface area (TPSA) is 170 Å². The highest BCUT2D eigenvalue weighted by Crippen LogP contribution is 2.42. The third kappa shape index (κ3) is 6.78. The molecule has 12 heteroatoms. The van der Waals surface area contributed by atoms with E-state index in [4.69, 9.17) is 38.0 Å². The quantitative estimate of drug-likeness (QED) is 0.105. The van der Waals surface area contributed by atoms with Crippen molar-refractivity contribution < 1.29 is 28.2 Å². The normalized spacial score (nSPS) is 18.4. The molecular weight excluding hydrogens is 517 g/mol. The molecule has 0 bridgehead atoms. The van der Waals surface area contributed by atoms with E-state index >= 15 is 0 Å². The molecule has 0 unspecified atom stereocenters. The lowest BCUT2D eigenvalue weighted by Crippen LogP contribution is -2.56. The van der Waals surface area contributed by atoms with E-state index in [0.717, 1.165) is 6.07 Å². The number of ketones is 1. The van der Waals surface area contributed by atoms with Crippen LogP contribution in [0, 0.1) is 11.2 Å². The van der Waals surface area contributed by atoms with Gasteiger partial charge in [-0.25, -0.2) is 4.39 Å². The van der Waals surface area contributed by atoms with Gasteiger partial charge in [-0.15, -0.1) is 0 Å². The second-order valence-corrected chi connectivity index (χ2v) is 9.95. The first kappa shape index (κ1) is 28.9. The molecule has 1 aliphatic heterocycles. The summed E-state index contributed by atoms with van der Waals surface area (Å²) < 4.78 is 25.6. The Kier molecular flexibility index (Phi) is 8.95. The van der Waals surface area contributed by atoms with Crippen molar-refractivity contribution in [3.63, 3.8) is 0 Å².